The average Bonchev–Trinajstić information content (AvgIpc) is 2.42. The molecule has 2 aromatic rings. The summed E-state index contributed by atoms with van der Waals surface area (Å²) >= 11 is 0. The third-order valence-electron chi connectivity index (χ3n) is 2.74. The number of anilines is 1. The molecule has 0 spiro atoms. The fourth-order valence-corrected chi connectivity index (χ4v) is 1.63. The molecule has 0 aromatic heterocycles. The lowest BCUT2D eigenvalue weighted by molar-refractivity contribution is 0.104. The van der Waals surface area contributed by atoms with Gasteiger partial charge in [-0.2, -0.15) is 0 Å². The molecule has 0 saturated carbocycles. The van der Waals surface area contributed by atoms with Crippen LogP contribution in [0.3, 0.4) is 0 Å². The van der Waals surface area contributed by atoms with Gasteiger partial charge < -0.3 is 5.32 Å². The van der Waals surface area contributed by atoms with E-state index < -0.39 is 11.6 Å². The Morgan fingerprint density at radius 3 is 2.45 bits per heavy atom. The van der Waals surface area contributed by atoms with Crippen molar-refractivity contribution >= 4 is 11.5 Å². The van der Waals surface area contributed by atoms with E-state index in [1.807, 2.05) is 19.1 Å². The highest BCUT2D eigenvalue weighted by Crippen LogP contribution is 2.14. The molecule has 0 atom stereocenters. The molecule has 0 aliphatic heterocycles. The van der Waals surface area contributed by atoms with E-state index in [-0.39, 0.29) is 11.5 Å². The van der Waals surface area contributed by atoms with Gasteiger partial charge in [0.2, 0.25) is 0 Å². The molecular weight excluding hydrogens is 260 g/mol. The van der Waals surface area contributed by atoms with Crippen LogP contribution in [0.2, 0.25) is 0 Å². The summed E-state index contributed by atoms with van der Waals surface area (Å²) < 4.78 is 26.0. The maximum absolute atomic E-state index is 13.3. The summed E-state index contributed by atoms with van der Waals surface area (Å²) in [7, 11) is 0. The van der Waals surface area contributed by atoms with Crippen molar-refractivity contribution in [2.24, 2.45) is 0 Å². The smallest absolute Gasteiger partial charge is 0.187 e. The maximum atomic E-state index is 13.3. The van der Waals surface area contributed by atoms with E-state index >= 15 is 0 Å². The van der Waals surface area contributed by atoms with E-state index in [0.29, 0.717) is 5.56 Å². The first-order valence-corrected chi connectivity index (χ1v) is 6.05. The fraction of sp³-hybridized carbons (Fsp3) is 0.0625. The van der Waals surface area contributed by atoms with Crippen molar-refractivity contribution in [2.45, 2.75) is 6.92 Å². The molecular formula is C16H13F2NO. The van der Waals surface area contributed by atoms with Crippen molar-refractivity contribution < 1.29 is 13.6 Å². The second kappa shape index (κ2) is 6.10. The molecule has 2 nitrogen and oxygen atoms in total. The molecule has 4 heteroatoms. The lowest BCUT2D eigenvalue weighted by Crippen LogP contribution is -1.97. The number of nitrogens with one attached hydrogen (secondary N) is 1. The van der Waals surface area contributed by atoms with Crippen LogP contribution in [-0.2, 0) is 0 Å². The zero-order chi connectivity index (χ0) is 14.5. The molecule has 1 N–H and O–H groups in total. The SMILES string of the molecule is Cc1ccc(C(=O)/C=C/Nc2ccc(F)cc2F)cc1. The number of benzene rings is 2. The number of hydrogen-bond acceptors (Lipinski definition) is 2. The fourth-order valence-electron chi connectivity index (χ4n) is 1.63. The summed E-state index contributed by atoms with van der Waals surface area (Å²) in [6.45, 7) is 1.93. The van der Waals surface area contributed by atoms with Gasteiger partial charge in [-0.05, 0) is 19.1 Å². The summed E-state index contributed by atoms with van der Waals surface area (Å²) in [6, 6.07) is 10.3. The largest absolute Gasteiger partial charge is 0.359 e. The molecule has 0 aliphatic carbocycles. The van der Waals surface area contributed by atoms with Gasteiger partial charge in [0.25, 0.3) is 0 Å². The molecule has 2 aromatic carbocycles. The minimum Gasteiger partial charge on any atom is -0.359 e. The van der Waals surface area contributed by atoms with Gasteiger partial charge in [-0.3, -0.25) is 4.79 Å². The second-order valence-corrected chi connectivity index (χ2v) is 4.33. The number of halogens is 2. The van der Waals surface area contributed by atoms with Gasteiger partial charge in [0.15, 0.2) is 5.78 Å². The van der Waals surface area contributed by atoms with Gasteiger partial charge in [-0.25, -0.2) is 8.78 Å². The van der Waals surface area contributed by atoms with Crippen molar-refractivity contribution in [3.8, 4) is 0 Å². The summed E-state index contributed by atoms with van der Waals surface area (Å²) in [6.07, 6.45) is 2.63. The Balaban J connectivity index is 2.02. The van der Waals surface area contributed by atoms with Crippen LogP contribution in [0.1, 0.15) is 15.9 Å². The molecule has 2 rings (SSSR count). The third kappa shape index (κ3) is 3.51. The molecule has 0 unspecified atom stereocenters. The lowest BCUT2D eigenvalue weighted by Gasteiger charge is -2.02. The Morgan fingerprint density at radius 2 is 1.80 bits per heavy atom. The zero-order valence-electron chi connectivity index (χ0n) is 10.9. The number of carbonyl (C=O) groups is 1. The normalized spacial score (nSPS) is 10.8. The van der Waals surface area contributed by atoms with E-state index in [9.17, 15) is 13.6 Å². The van der Waals surface area contributed by atoms with Gasteiger partial charge in [0, 0.05) is 23.9 Å². The Labute approximate surface area is 115 Å². The number of ketones is 1. The van der Waals surface area contributed by atoms with E-state index in [0.717, 1.165) is 17.7 Å². The topological polar surface area (TPSA) is 29.1 Å². The van der Waals surface area contributed by atoms with E-state index in [1.54, 1.807) is 12.1 Å². The molecule has 0 amide bonds. The number of hydrogen-bond donors (Lipinski definition) is 1. The monoisotopic (exact) mass is 273 g/mol. The van der Waals surface area contributed by atoms with Crippen LogP contribution in [0.15, 0.2) is 54.7 Å². The molecule has 0 bridgehead atoms. The van der Waals surface area contributed by atoms with Crippen molar-refractivity contribution in [3.05, 3.63) is 77.5 Å². The first kappa shape index (κ1) is 13.9. The first-order chi connectivity index (χ1) is 9.56. The Hall–Kier alpha value is -2.49. The van der Waals surface area contributed by atoms with Crippen molar-refractivity contribution in [2.75, 3.05) is 5.32 Å². The minimum absolute atomic E-state index is 0.111. The van der Waals surface area contributed by atoms with E-state index in [1.165, 1.54) is 18.3 Å². The van der Waals surface area contributed by atoms with Crippen LogP contribution < -0.4 is 5.32 Å². The number of carbonyl (C=O) groups excluding carboxylic acids is 1. The van der Waals surface area contributed by atoms with Crippen molar-refractivity contribution in [1.29, 1.82) is 0 Å². The van der Waals surface area contributed by atoms with Gasteiger partial charge in [0.05, 0.1) is 5.69 Å². The summed E-state index contributed by atoms with van der Waals surface area (Å²) in [5.41, 5.74) is 1.73. The van der Waals surface area contributed by atoms with Crippen LogP contribution in [-0.4, -0.2) is 5.78 Å². The molecule has 0 saturated heterocycles. The highest BCUT2D eigenvalue weighted by atomic mass is 19.1. The van der Waals surface area contributed by atoms with Crippen molar-refractivity contribution in [1.82, 2.24) is 0 Å². The molecule has 0 aliphatic rings. The third-order valence-corrected chi connectivity index (χ3v) is 2.74. The standard InChI is InChI=1S/C16H13F2NO/c1-11-2-4-12(5-3-11)16(20)8-9-19-15-7-6-13(17)10-14(15)18/h2-10,19H,1H3/b9-8+. The van der Waals surface area contributed by atoms with Crippen LogP contribution in [0.4, 0.5) is 14.5 Å². The quantitative estimate of drug-likeness (QED) is 0.671. The molecule has 102 valence electrons. The van der Waals surface area contributed by atoms with E-state index in [4.69, 9.17) is 0 Å². The molecule has 20 heavy (non-hydrogen) atoms. The number of allylic oxidation sites excluding steroid dienone is 1. The van der Waals surface area contributed by atoms with Gasteiger partial charge in [0.1, 0.15) is 11.6 Å². The highest BCUT2D eigenvalue weighted by Gasteiger charge is 2.03. The predicted octanol–water partition coefficient (Wildman–Crippen LogP) is 4.08. The lowest BCUT2D eigenvalue weighted by atomic mass is 10.1. The van der Waals surface area contributed by atoms with E-state index in [2.05, 4.69) is 5.32 Å². The zero-order valence-corrected chi connectivity index (χ0v) is 10.9. The Morgan fingerprint density at radius 1 is 1.10 bits per heavy atom. The second-order valence-electron chi connectivity index (χ2n) is 4.33. The highest BCUT2D eigenvalue weighted by molar-refractivity contribution is 6.04. The van der Waals surface area contributed by atoms with Crippen LogP contribution in [0, 0.1) is 18.6 Å². The average molecular weight is 273 g/mol. The van der Waals surface area contributed by atoms with Crippen LogP contribution >= 0.6 is 0 Å². The van der Waals surface area contributed by atoms with Crippen LogP contribution in [0.25, 0.3) is 0 Å². The van der Waals surface area contributed by atoms with Gasteiger partial charge in [-0.1, -0.05) is 29.8 Å². The molecule has 0 radical (unpaired) electrons. The summed E-state index contributed by atoms with van der Waals surface area (Å²) in [5.74, 6) is -1.55. The molecule has 0 heterocycles. The first-order valence-electron chi connectivity index (χ1n) is 6.05. The van der Waals surface area contributed by atoms with Gasteiger partial charge >= 0.3 is 0 Å². The van der Waals surface area contributed by atoms with Gasteiger partial charge in [-0.15, -0.1) is 0 Å². The number of aryl methyl sites for hydroxylation is 1. The van der Waals surface area contributed by atoms with Crippen LogP contribution in [0.5, 0.6) is 0 Å². The summed E-state index contributed by atoms with van der Waals surface area (Å²) in [4.78, 5) is 11.8. The number of rotatable bonds is 4. The minimum atomic E-state index is -0.711. The maximum Gasteiger partial charge on any atom is 0.187 e. The molecule has 0 fully saturated rings. The van der Waals surface area contributed by atoms with Crippen molar-refractivity contribution in [3.63, 3.8) is 0 Å². The predicted molar refractivity (Wildman–Crippen MR) is 74.6 cm³/mol. The Bertz CT molecular complexity index is 648. The Kier molecular flexibility index (Phi) is 4.25. The summed E-state index contributed by atoms with van der Waals surface area (Å²) in [5, 5.41) is 2.61.